The number of hydrogen-bond acceptors (Lipinski definition) is 4. The largest absolute Gasteiger partial charge is 0.337 e. The third kappa shape index (κ3) is 2.78. The van der Waals surface area contributed by atoms with Crippen LogP contribution < -0.4 is 16.0 Å². The van der Waals surface area contributed by atoms with Gasteiger partial charge in [0.1, 0.15) is 5.54 Å². The van der Waals surface area contributed by atoms with Crippen LogP contribution >= 0.6 is 0 Å². The Labute approximate surface area is 146 Å². The number of rotatable bonds is 2. The predicted molar refractivity (Wildman–Crippen MR) is 90.9 cm³/mol. The highest BCUT2D eigenvalue weighted by Crippen LogP contribution is 2.26. The zero-order chi connectivity index (χ0) is 17.6. The van der Waals surface area contributed by atoms with Gasteiger partial charge in [0.2, 0.25) is 0 Å². The number of likely N-dealkylation sites (tertiary alicyclic amines) is 1. The summed E-state index contributed by atoms with van der Waals surface area (Å²) in [4.78, 5) is 38.1. The van der Waals surface area contributed by atoms with E-state index in [9.17, 15) is 14.4 Å². The number of fused-ring (bicyclic) bond motifs is 2. The molecule has 3 N–H and O–H groups in total. The highest BCUT2D eigenvalue weighted by molar-refractivity contribution is 6.07. The normalized spacial score (nSPS) is 31.5. The van der Waals surface area contributed by atoms with Gasteiger partial charge in [0.05, 0.1) is 0 Å². The van der Waals surface area contributed by atoms with Crippen molar-refractivity contribution in [3.63, 3.8) is 0 Å². The topological polar surface area (TPSA) is 90.5 Å². The predicted octanol–water partition coefficient (Wildman–Crippen LogP) is 0.708. The number of carbonyl (C=O) groups is 3. The molecule has 25 heavy (non-hydrogen) atoms. The van der Waals surface area contributed by atoms with Crippen LogP contribution in [0.4, 0.5) is 4.79 Å². The Morgan fingerprint density at radius 3 is 2.52 bits per heavy atom. The van der Waals surface area contributed by atoms with Crippen molar-refractivity contribution in [2.75, 3.05) is 13.1 Å². The molecule has 0 saturated carbocycles. The van der Waals surface area contributed by atoms with Crippen molar-refractivity contribution in [1.29, 1.82) is 0 Å². The maximum Gasteiger partial charge on any atom is 0.322 e. The van der Waals surface area contributed by atoms with Crippen LogP contribution in [-0.4, -0.2) is 47.9 Å². The number of nitrogens with zero attached hydrogens (tertiary/aromatic N) is 1. The first-order valence-corrected chi connectivity index (χ1v) is 8.75. The lowest BCUT2D eigenvalue weighted by atomic mass is 9.91. The van der Waals surface area contributed by atoms with E-state index < -0.39 is 11.6 Å². The summed E-state index contributed by atoms with van der Waals surface area (Å²) >= 11 is 0. The van der Waals surface area contributed by atoms with Gasteiger partial charge in [-0.1, -0.05) is 12.1 Å². The Balaban J connectivity index is 1.51. The first-order valence-electron chi connectivity index (χ1n) is 8.75. The molecule has 4 amide bonds. The molecule has 1 aromatic carbocycles. The molecule has 0 aliphatic carbocycles. The third-order valence-electron chi connectivity index (χ3n) is 5.56. The standard InChI is InChI=1S/C18H22N4O3/c1-18(16(24)20-17(25)21-18)12-4-2-11(3-5-12)15(23)22-9-8-13-6-7-14(10-22)19-13/h2-5,13-14,19H,6-10H2,1H3,(H2,20,21,24,25). The smallest absolute Gasteiger partial charge is 0.322 e. The summed E-state index contributed by atoms with van der Waals surface area (Å²) in [6.45, 7) is 3.17. The van der Waals surface area contributed by atoms with Crippen LogP contribution in [0.15, 0.2) is 24.3 Å². The summed E-state index contributed by atoms with van der Waals surface area (Å²) in [5.41, 5.74) is 0.170. The molecule has 0 spiro atoms. The van der Waals surface area contributed by atoms with Gasteiger partial charge in [-0.25, -0.2) is 4.79 Å². The van der Waals surface area contributed by atoms with Crippen molar-refractivity contribution in [2.45, 2.75) is 43.8 Å². The first kappa shape index (κ1) is 16.1. The van der Waals surface area contributed by atoms with E-state index in [0.29, 0.717) is 23.2 Å². The van der Waals surface area contributed by atoms with Gasteiger partial charge in [-0.3, -0.25) is 14.9 Å². The quantitative estimate of drug-likeness (QED) is 0.691. The maximum atomic E-state index is 12.8. The summed E-state index contributed by atoms with van der Waals surface area (Å²) in [7, 11) is 0. The van der Waals surface area contributed by atoms with Gasteiger partial charge in [0.25, 0.3) is 11.8 Å². The first-order chi connectivity index (χ1) is 12.0. The molecule has 3 atom stereocenters. The average molecular weight is 342 g/mol. The van der Waals surface area contributed by atoms with Crippen LogP contribution in [0.25, 0.3) is 0 Å². The van der Waals surface area contributed by atoms with Gasteiger partial charge in [-0.15, -0.1) is 0 Å². The molecule has 3 heterocycles. The minimum atomic E-state index is -1.09. The molecule has 0 radical (unpaired) electrons. The van der Waals surface area contributed by atoms with Gasteiger partial charge >= 0.3 is 6.03 Å². The molecule has 3 unspecified atom stereocenters. The van der Waals surface area contributed by atoms with Crippen molar-refractivity contribution < 1.29 is 14.4 Å². The van der Waals surface area contributed by atoms with Crippen LogP contribution in [0.2, 0.25) is 0 Å². The van der Waals surface area contributed by atoms with Gasteiger partial charge < -0.3 is 15.5 Å². The van der Waals surface area contributed by atoms with Crippen molar-refractivity contribution in [3.05, 3.63) is 35.4 Å². The summed E-state index contributed by atoms with van der Waals surface area (Å²) in [6.07, 6.45) is 3.32. The van der Waals surface area contributed by atoms with Crippen molar-refractivity contribution in [3.8, 4) is 0 Å². The molecule has 1 aromatic rings. The maximum absolute atomic E-state index is 12.8. The Morgan fingerprint density at radius 1 is 1.12 bits per heavy atom. The fraction of sp³-hybridized carbons (Fsp3) is 0.500. The zero-order valence-electron chi connectivity index (χ0n) is 14.2. The number of benzene rings is 1. The third-order valence-corrected chi connectivity index (χ3v) is 5.56. The lowest BCUT2D eigenvalue weighted by Gasteiger charge is -2.25. The molecule has 3 aliphatic rings. The van der Waals surface area contributed by atoms with Crippen molar-refractivity contribution in [1.82, 2.24) is 20.9 Å². The van der Waals surface area contributed by atoms with Crippen LogP contribution in [0, 0.1) is 0 Å². The van der Waals surface area contributed by atoms with Gasteiger partial charge in [0.15, 0.2) is 0 Å². The second-order valence-electron chi connectivity index (χ2n) is 7.29. The lowest BCUT2D eigenvalue weighted by molar-refractivity contribution is -0.123. The fourth-order valence-electron chi connectivity index (χ4n) is 4.00. The summed E-state index contributed by atoms with van der Waals surface area (Å²) < 4.78 is 0. The van der Waals surface area contributed by atoms with Gasteiger partial charge in [-0.05, 0) is 43.9 Å². The SMILES string of the molecule is CC1(c2ccc(C(=O)N3CCC4CCC(C3)N4)cc2)NC(=O)NC1=O. The van der Waals surface area contributed by atoms with Crippen molar-refractivity contribution in [2.24, 2.45) is 0 Å². The number of urea groups is 1. The van der Waals surface area contributed by atoms with Crippen LogP contribution in [-0.2, 0) is 10.3 Å². The fourth-order valence-corrected chi connectivity index (χ4v) is 4.00. The van der Waals surface area contributed by atoms with E-state index in [0.717, 1.165) is 25.9 Å². The molecule has 2 bridgehead atoms. The molecule has 3 fully saturated rings. The van der Waals surface area contributed by atoms with Crippen molar-refractivity contribution >= 4 is 17.8 Å². The minimum Gasteiger partial charge on any atom is -0.337 e. The van der Waals surface area contributed by atoms with E-state index in [1.54, 1.807) is 31.2 Å². The minimum absolute atomic E-state index is 0.0194. The van der Waals surface area contributed by atoms with Gasteiger partial charge in [-0.2, -0.15) is 0 Å². The molecule has 3 saturated heterocycles. The Hall–Kier alpha value is -2.41. The van der Waals surface area contributed by atoms with Crippen LogP contribution in [0.3, 0.4) is 0 Å². The molecular weight excluding hydrogens is 320 g/mol. The van der Waals surface area contributed by atoms with E-state index in [1.165, 1.54) is 6.42 Å². The summed E-state index contributed by atoms with van der Waals surface area (Å²) in [5, 5.41) is 8.45. The summed E-state index contributed by atoms with van der Waals surface area (Å²) in [5.74, 6) is -0.364. The molecule has 132 valence electrons. The number of amides is 4. The molecule has 0 aromatic heterocycles. The Morgan fingerprint density at radius 2 is 1.84 bits per heavy atom. The molecule has 7 nitrogen and oxygen atoms in total. The average Bonchev–Trinajstić information content (AvgIpc) is 3.05. The molecule has 7 heteroatoms. The highest BCUT2D eigenvalue weighted by atomic mass is 16.2. The number of imide groups is 1. The Bertz CT molecular complexity index is 732. The molecule has 3 aliphatic heterocycles. The highest BCUT2D eigenvalue weighted by Gasteiger charge is 2.43. The van der Waals surface area contributed by atoms with Crippen LogP contribution in [0.1, 0.15) is 42.1 Å². The van der Waals surface area contributed by atoms with E-state index in [1.807, 2.05) is 4.90 Å². The summed E-state index contributed by atoms with van der Waals surface area (Å²) in [6, 6.07) is 7.37. The number of carbonyl (C=O) groups excluding carboxylic acids is 3. The van der Waals surface area contributed by atoms with Gasteiger partial charge in [0, 0.05) is 30.7 Å². The monoisotopic (exact) mass is 342 g/mol. The van der Waals surface area contributed by atoms with E-state index in [2.05, 4.69) is 16.0 Å². The number of hydrogen-bond donors (Lipinski definition) is 3. The Kier molecular flexibility index (Phi) is 3.76. The lowest BCUT2D eigenvalue weighted by Crippen LogP contribution is -2.41. The van der Waals surface area contributed by atoms with E-state index in [-0.39, 0.29) is 11.8 Å². The van der Waals surface area contributed by atoms with E-state index >= 15 is 0 Å². The molecular formula is C18H22N4O3. The second-order valence-corrected chi connectivity index (χ2v) is 7.29. The number of nitrogens with one attached hydrogen (secondary N) is 3. The van der Waals surface area contributed by atoms with E-state index in [4.69, 9.17) is 0 Å². The van der Waals surface area contributed by atoms with Crippen LogP contribution in [0.5, 0.6) is 0 Å². The zero-order valence-corrected chi connectivity index (χ0v) is 14.2. The molecule has 4 rings (SSSR count). The second kappa shape index (κ2) is 5.84.